The van der Waals surface area contributed by atoms with E-state index < -0.39 is 0 Å². The van der Waals surface area contributed by atoms with Crippen molar-refractivity contribution in [3.8, 4) is 0 Å². The highest BCUT2D eigenvalue weighted by molar-refractivity contribution is 7.80. The van der Waals surface area contributed by atoms with Crippen LogP contribution < -0.4 is 5.73 Å². The van der Waals surface area contributed by atoms with Crippen LogP contribution in [-0.4, -0.2) is 50.4 Å². The van der Waals surface area contributed by atoms with Crippen molar-refractivity contribution in [1.29, 1.82) is 0 Å². The zero-order valence-electron chi connectivity index (χ0n) is 12.3. The molecule has 0 spiro atoms. The number of hydrogen-bond acceptors (Lipinski definition) is 4. The summed E-state index contributed by atoms with van der Waals surface area (Å²) in [5.74, 6) is 0. The minimum absolute atomic E-state index is 0.440. The maximum atomic E-state index is 5.67. The van der Waals surface area contributed by atoms with Gasteiger partial charge in [0.05, 0.1) is 6.61 Å². The van der Waals surface area contributed by atoms with Crippen LogP contribution in [-0.2, 0) is 16.0 Å². The minimum Gasteiger partial charge on any atom is -0.389 e. The summed E-state index contributed by atoms with van der Waals surface area (Å²) >= 11 is 5.02. The topological polar surface area (TPSA) is 47.7 Å². The van der Waals surface area contributed by atoms with Crippen LogP contribution in [0.4, 0.5) is 0 Å². The maximum absolute atomic E-state index is 5.67. The second kappa shape index (κ2) is 9.83. The SMILES string of the molecule is COCCCN(CCOC)Cc1cccc(C(N)=S)c1. The van der Waals surface area contributed by atoms with E-state index in [2.05, 4.69) is 17.0 Å². The van der Waals surface area contributed by atoms with Crippen molar-refractivity contribution in [2.24, 2.45) is 5.73 Å². The first-order chi connectivity index (χ1) is 9.67. The Kier molecular flexibility index (Phi) is 8.37. The second-order valence-electron chi connectivity index (χ2n) is 4.68. The average Bonchev–Trinajstić information content (AvgIpc) is 2.45. The summed E-state index contributed by atoms with van der Waals surface area (Å²) in [4.78, 5) is 2.79. The van der Waals surface area contributed by atoms with Gasteiger partial charge in [0.2, 0.25) is 0 Å². The molecule has 0 aliphatic rings. The summed E-state index contributed by atoms with van der Waals surface area (Å²) in [6, 6.07) is 8.08. The van der Waals surface area contributed by atoms with Gasteiger partial charge in [-0.05, 0) is 18.1 Å². The molecule has 0 aromatic heterocycles. The highest BCUT2D eigenvalue weighted by atomic mass is 32.1. The van der Waals surface area contributed by atoms with E-state index in [0.717, 1.165) is 44.8 Å². The zero-order chi connectivity index (χ0) is 14.8. The molecule has 0 aliphatic carbocycles. The summed E-state index contributed by atoms with van der Waals surface area (Å²) in [7, 11) is 3.45. The van der Waals surface area contributed by atoms with E-state index in [1.54, 1.807) is 14.2 Å². The molecule has 1 aromatic carbocycles. The minimum atomic E-state index is 0.440. The van der Waals surface area contributed by atoms with Crippen molar-refractivity contribution in [3.05, 3.63) is 35.4 Å². The van der Waals surface area contributed by atoms with Crippen LogP contribution in [0.1, 0.15) is 17.5 Å². The first-order valence-corrected chi connectivity index (χ1v) is 7.17. The van der Waals surface area contributed by atoms with Gasteiger partial charge < -0.3 is 15.2 Å². The largest absolute Gasteiger partial charge is 0.389 e. The van der Waals surface area contributed by atoms with Crippen LogP contribution in [0, 0.1) is 0 Å². The Labute approximate surface area is 126 Å². The highest BCUT2D eigenvalue weighted by Crippen LogP contribution is 2.09. The molecule has 1 aromatic rings. The fourth-order valence-corrected chi connectivity index (χ4v) is 2.13. The van der Waals surface area contributed by atoms with Crippen LogP contribution in [0.25, 0.3) is 0 Å². The molecule has 0 radical (unpaired) electrons. The molecule has 0 saturated carbocycles. The Hall–Kier alpha value is -1.01. The van der Waals surface area contributed by atoms with E-state index in [9.17, 15) is 0 Å². The number of benzene rings is 1. The molecular weight excluding hydrogens is 272 g/mol. The number of nitrogens with two attached hydrogens (primary N) is 1. The Balaban J connectivity index is 2.62. The number of hydrogen-bond donors (Lipinski definition) is 1. The van der Waals surface area contributed by atoms with Crippen LogP contribution >= 0.6 is 12.2 Å². The summed E-state index contributed by atoms with van der Waals surface area (Å²) in [5.41, 5.74) is 7.80. The van der Waals surface area contributed by atoms with Gasteiger partial charge in [-0.15, -0.1) is 0 Å². The van der Waals surface area contributed by atoms with E-state index in [4.69, 9.17) is 27.4 Å². The second-order valence-corrected chi connectivity index (χ2v) is 5.12. The predicted molar refractivity (Wildman–Crippen MR) is 86.0 cm³/mol. The van der Waals surface area contributed by atoms with Gasteiger partial charge in [0.1, 0.15) is 4.99 Å². The molecule has 0 saturated heterocycles. The molecule has 0 atom stereocenters. The molecule has 4 nitrogen and oxygen atoms in total. The first-order valence-electron chi connectivity index (χ1n) is 6.76. The molecule has 0 amide bonds. The van der Waals surface area contributed by atoms with Crippen LogP contribution in [0.5, 0.6) is 0 Å². The summed E-state index contributed by atoms with van der Waals surface area (Å²) < 4.78 is 10.3. The number of thiocarbonyl (C=S) groups is 1. The smallest absolute Gasteiger partial charge is 0.103 e. The summed E-state index contributed by atoms with van der Waals surface area (Å²) in [6.07, 6.45) is 1.01. The van der Waals surface area contributed by atoms with Gasteiger partial charge in [-0.2, -0.15) is 0 Å². The van der Waals surface area contributed by atoms with E-state index in [1.165, 1.54) is 5.56 Å². The Bertz CT molecular complexity index is 413. The van der Waals surface area contributed by atoms with Crippen molar-refractivity contribution in [2.45, 2.75) is 13.0 Å². The molecule has 0 fully saturated rings. The van der Waals surface area contributed by atoms with Crippen molar-refractivity contribution < 1.29 is 9.47 Å². The molecule has 5 heteroatoms. The molecule has 112 valence electrons. The molecule has 0 heterocycles. The standard InChI is InChI=1S/C15H24N2O2S/c1-18-9-4-7-17(8-10-19-2)12-13-5-3-6-14(11-13)15(16)20/h3,5-6,11H,4,7-10,12H2,1-2H3,(H2,16,20). The number of methoxy groups -OCH3 is 2. The monoisotopic (exact) mass is 296 g/mol. The van der Waals surface area contributed by atoms with Crippen molar-refractivity contribution in [2.75, 3.05) is 40.5 Å². The summed E-state index contributed by atoms with van der Waals surface area (Å²) in [6.45, 7) is 4.24. The third-order valence-corrected chi connectivity index (χ3v) is 3.29. The van der Waals surface area contributed by atoms with Crippen molar-refractivity contribution in [3.63, 3.8) is 0 Å². The molecule has 1 rings (SSSR count). The van der Waals surface area contributed by atoms with Crippen LogP contribution in [0.2, 0.25) is 0 Å². The van der Waals surface area contributed by atoms with Crippen molar-refractivity contribution in [1.82, 2.24) is 4.90 Å². The summed E-state index contributed by atoms with van der Waals surface area (Å²) in [5, 5.41) is 0. The number of rotatable bonds is 10. The van der Waals surface area contributed by atoms with Crippen molar-refractivity contribution >= 4 is 17.2 Å². The molecule has 0 bridgehead atoms. The van der Waals surface area contributed by atoms with Gasteiger partial charge >= 0.3 is 0 Å². The van der Waals surface area contributed by atoms with Gasteiger partial charge in [-0.25, -0.2) is 0 Å². The number of nitrogens with zero attached hydrogens (tertiary/aromatic N) is 1. The van der Waals surface area contributed by atoms with Gasteiger partial charge in [0.15, 0.2) is 0 Å². The highest BCUT2D eigenvalue weighted by Gasteiger charge is 2.07. The van der Waals surface area contributed by atoms with E-state index >= 15 is 0 Å². The fraction of sp³-hybridized carbons (Fsp3) is 0.533. The van der Waals surface area contributed by atoms with Crippen LogP contribution in [0.3, 0.4) is 0 Å². The third kappa shape index (κ3) is 6.43. The molecular formula is C15H24N2O2S. The molecule has 0 aliphatic heterocycles. The molecule has 2 N–H and O–H groups in total. The Morgan fingerprint density at radius 1 is 1.20 bits per heavy atom. The lowest BCUT2D eigenvalue weighted by Crippen LogP contribution is -2.29. The van der Waals surface area contributed by atoms with Gasteiger partial charge in [0.25, 0.3) is 0 Å². The Morgan fingerprint density at radius 3 is 2.60 bits per heavy atom. The van der Waals surface area contributed by atoms with E-state index in [1.807, 2.05) is 12.1 Å². The normalized spacial score (nSPS) is 10.9. The third-order valence-electron chi connectivity index (χ3n) is 3.05. The lowest BCUT2D eigenvalue weighted by molar-refractivity contribution is 0.129. The van der Waals surface area contributed by atoms with Gasteiger partial charge in [-0.1, -0.05) is 30.4 Å². The maximum Gasteiger partial charge on any atom is 0.103 e. The quantitative estimate of drug-likeness (QED) is 0.527. The molecule has 20 heavy (non-hydrogen) atoms. The first kappa shape index (κ1) is 17.0. The van der Waals surface area contributed by atoms with Crippen LogP contribution in [0.15, 0.2) is 24.3 Å². The zero-order valence-corrected chi connectivity index (χ0v) is 13.1. The Morgan fingerprint density at radius 2 is 1.95 bits per heavy atom. The van der Waals surface area contributed by atoms with Gasteiger partial charge in [0, 0.05) is 46.0 Å². The van der Waals surface area contributed by atoms with Gasteiger partial charge in [-0.3, -0.25) is 4.90 Å². The lowest BCUT2D eigenvalue weighted by Gasteiger charge is -2.22. The van der Waals surface area contributed by atoms with E-state index in [-0.39, 0.29) is 0 Å². The predicted octanol–water partition coefficient (Wildman–Crippen LogP) is 1.81. The average molecular weight is 296 g/mol. The van der Waals surface area contributed by atoms with E-state index in [0.29, 0.717) is 4.99 Å². The lowest BCUT2D eigenvalue weighted by atomic mass is 10.1. The fourth-order valence-electron chi connectivity index (χ4n) is 2.00. The number of ether oxygens (including phenoxy) is 2. The molecule has 0 unspecified atom stereocenters.